The number of para-hydroxylation sites is 1. The molecule has 0 spiro atoms. The standard InChI is InChI=1S/C27H26N6O4/c1-2-35-26(34)21-16-29-33(17-21)27-30-24-23(25(31-27)37-18-20-10-5-3-6-11-20)28-19-32(24)14-9-15-36-22-12-7-4-8-13-22/h3-8,10-13,16-17,19H,2,9,14-15,18H2,1H3. The first kappa shape index (κ1) is 24.0. The van der Waals surface area contributed by atoms with Gasteiger partial charge in [0.1, 0.15) is 12.4 Å². The number of hydrogen-bond acceptors (Lipinski definition) is 8. The molecule has 0 N–H and O–H groups in total. The van der Waals surface area contributed by atoms with Crippen LogP contribution < -0.4 is 9.47 Å². The van der Waals surface area contributed by atoms with Crippen LogP contribution in [0, 0.1) is 0 Å². The van der Waals surface area contributed by atoms with Crippen molar-refractivity contribution >= 4 is 17.1 Å². The van der Waals surface area contributed by atoms with Crippen LogP contribution in [-0.2, 0) is 17.9 Å². The largest absolute Gasteiger partial charge is 0.494 e. The molecule has 2 aromatic carbocycles. The Bertz CT molecular complexity index is 1470. The summed E-state index contributed by atoms with van der Waals surface area (Å²) in [6.45, 7) is 3.52. The number of rotatable bonds is 11. The van der Waals surface area contributed by atoms with E-state index in [0.29, 0.717) is 42.4 Å². The second-order valence-corrected chi connectivity index (χ2v) is 8.12. The summed E-state index contributed by atoms with van der Waals surface area (Å²) in [7, 11) is 0. The number of nitrogens with zero attached hydrogens (tertiary/aromatic N) is 6. The van der Waals surface area contributed by atoms with E-state index in [4.69, 9.17) is 19.2 Å². The monoisotopic (exact) mass is 498 g/mol. The molecule has 3 heterocycles. The van der Waals surface area contributed by atoms with Crippen LogP contribution in [0.3, 0.4) is 0 Å². The van der Waals surface area contributed by atoms with Crippen molar-refractivity contribution in [3.8, 4) is 17.6 Å². The molecule has 10 heteroatoms. The predicted molar refractivity (Wildman–Crippen MR) is 136 cm³/mol. The van der Waals surface area contributed by atoms with Gasteiger partial charge in [-0.2, -0.15) is 15.1 Å². The Hall–Kier alpha value is -4.73. The smallest absolute Gasteiger partial charge is 0.341 e. The molecule has 0 radical (unpaired) electrons. The highest BCUT2D eigenvalue weighted by atomic mass is 16.5. The number of carbonyl (C=O) groups is 1. The molecule has 0 atom stereocenters. The van der Waals surface area contributed by atoms with Gasteiger partial charge in [0.15, 0.2) is 11.2 Å². The Kier molecular flexibility index (Phi) is 7.35. The second-order valence-electron chi connectivity index (χ2n) is 8.12. The van der Waals surface area contributed by atoms with Crippen molar-refractivity contribution in [3.05, 3.63) is 90.5 Å². The molecule has 188 valence electrons. The van der Waals surface area contributed by atoms with E-state index in [1.54, 1.807) is 13.3 Å². The van der Waals surface area contributed by atoms with E-state index in [1.165, 1.54) is 17.1 Å². The van der Waals surface area contributed by atoms with Gasteiger partial charge >= 0.3 is 5.97 Å². The number of aromatic nitrogens is 6. The number of benzene rings is 2. The van der Waals surface area contributed by atoms with E-state index in [0.717, 1.165) is 17.7 Å². The fourth-order valence-electron chi connectivity index (χ4n) is 3.69. The molecule has 0 bridgehead atoms. The van der Waals surface area contributed by atoms with Gasteiger partial charge in [0, 0.05) is 12.7 Å². The number of hydrogen-bond donors (Lipinski definition) is 0. The van der Waals surface area contributed by atoms with Crippen molar-refractivity contribution in [2.45, 2.75) is 26.5 Å². The lowest BCUT2D eigenvalue weighted by atomic mass is 10.2. The third-order valence-electron chi connectivity index (χ3n) is 5.49. The van der Waals surface area contributed by atoms with Crippen LogP contribution >= 0.6 is 0 Å². The zero-order valence-corrected chi connectivity index (χ0v) is 20.4. The van der Waals surface area contributed by atoms with Crippen molar-refractivity contribution in [2.24, 2.45) is 0 Å². The van der Waals surface area contributed by atoms with Gasteiger partial charge in [0.25, 0.3) is 5.95 Å². The summed E-state index contributed by atoms with van der Waals surface area (Å²) >= 11 is 0. The van der Waals surface area contributed by atoms with Crippen LogP contribution in [0.4, 0.5) is 0 Å². The molecule has 0 amide bonds. The molecule has 0 saturated heterocycles. The van der Waals surface area contributed by atoms with Crippen molar-refractivity contribution in [3.63, 3.8) is 0 Å². The number of imidazole rings is 1. The third kappa shape index (κ3) is 5.75. The topological polar surface area (TPSA) is 106 Å². The zero-order valence-electron chi connectivity index (χ0n) is 20.4. The molecule has 0 aliphatic heterocycles. The van der Waals surface area contributed by atoms with E-state index in [-0.39, 0.29) is 12.6 Å². The van der Waals surface area contributed by atoms with Crippen LogP contribution in [0.25, 0.3) is 17.1 Å². The fourth-order valence-corrected chi connectivity index (χ4v) is 3.69. The molecule has 5 rings (SSSR count). The zero-order chi connectivity index (χ0) is 25.5. The van der Waals surface area contributed by atoms with E-state index in [9.17, 15) is 4.79 Å². The summed E-state index contributed by atoms with van der Waals surface area (Å²) in [5.41, 5.74) is 2.45. The number of carbonyl (C=O) groups excluding carboxylic acids is 1. The first-order valence-electron chi connectivity index (χ1n) is 12.0. The molecular weight excluding hydrogens is 472 g/mol. The third-order valence-corrected chi connectivity index (χ3v) is 5.49. The molecular formula is C27H26N6O4. The first-order chi connectivity index (χ1) is 18.2. The van der Waals surface area contributed by atoms with E-state index >= 15 is 0 Å². The molecule has 0 aliphatic rings. The second kappa shape index (κ2) is 11.3. The highest BCUT2D eigenvalue weighted by Gasteiger charge is 2.18. The van der Waals surface area contributed by atoms with Gasteiger partial charge < -0.3 is 18.8 Å². The van der Waals surface area contributed by atoms with Gasteiger partial charge in [0.05, 0.1) is 31.3 Å². The van der Waals surface area contributed by atoms with E-state index in [2.05, 4.69) is 15.1 Å². The molecule has 0 aliphatic carbocycles. The summed E-state index contributed by atoms with van der Waals surface area (Å²) in [5.74, 6) is 0.957. The quantitative estimate of drug-likeness (QED) is 0.197. The SMILES string of the molecule is CCOC(=O)c1cnn(-c2nc(OCc3ccccc3)c3ncn(CCCOc4ccccc4)c3n2)c1. The predicted octanol–water partition coefficient (Wildman–Crippen LogP) is 4.24. The Balaban J connectivity index is 1.40. The lowest BCUT2D eigenvalue weighted by molar-refractivity contribution is 0.0526. The summed E-state index contributed by atoms with van der Waals surface area (Å²) in [6, 6.07) is 19.5. The highest BCUT2D eigenvalue weighted by Crippen LogP contribution is 2.24. The molecule has 0 saturated carbocycles. The Labute approximate surface area is 213 Å². The summed E-state index contributed by atoms with van der Waals surface area (Å²) in [6.07, 6.45) is 5.42. The normalized spacial score (nSPS) is 10.9. The Morgan fingerprint density at radius 1 is 0.973 bits per heavy atom. The lowest BCUT2D eigenvalue weighted by Gasteiger charge is -2.10. The summed E-state index contributed by atoms with van der Waals surface area (Å²) in [5, 5.41) is 4.26. The molecule has 10 nitrogen and oxygen atoms in total. The Morgan fingerprint density at radius 2 is 1.76 bits per heavy atom. The number of aryl methyl sites for hydroxylation is 1. The number of ether oxygens (including phenoxy) is 3. The van der Waals surface area contributed by atoms with Crippen LogP contribution in [0.5, 0.6) is 11.6 Å². The van der Waals surface area contributed by atoms with Crippen molar-refractivity contribution in [1.82, 2.24) is 29.3 Å². The van der Waals surface area contributed by atoms with Crippen molar-refractivity contribution in [1.29, 1.82) is 0 Å². The van der Waals surface area contributed by atoms with Crippen LogP contribution in [0.15, 0.2) is 79.4 Å². The summed E-state index contributed by atoms with van der Waals surface area (Å²) < 4.78 is 20.3. The maximum absolute atomic E-state index is 12.1. The summed E-state index contributed by atoms with van der Waals surface area (Å²) in [4.78, 5) is 25.9. The van der Waals surface area contributed by atoms with Gasteiger partial charge in [-0.05, 0) is 31.0 Å². The molecule has 5 aromatic rings. The van der Waals surface area contributed by atoms with Crippen LogP contribution in [0.1, 0.15) is 29.3 Å². The van der Waals surface area contributed by atoms with Gasteiger partial charge in [-0.25, -0.2) is 14.5 Å². The molecule has 0 unspecified atom stereocenters. The maximum Gasteiger partial charge on any atom is 0.341 e. The minimum atomic E-state index is -0.459. The number of esters is 1. The van der Waals surface area contributed by atoms with E-state index in [1.807, 2.05) is 65.2 Å². The van der Waals surface area contributed by atoms with Gasteiger partial charge in [-0.3, -0.25) is 0 Å². The van der Waals surface area contributed by atoms with Gasteiger partial charge in [-0.15, -0.1) is 0 Å². The highest BCUT2D eigenvalue weighted by molar-refractivity contribution is 5.88. The molecule has 0 fully saturated rings. The van der Waals surface area contributed by atoms with Crippen LogP contribution in [-0.4, -0.2) is 48.5 Å². The maximum atomic E-state index is 12.1. The number of fused-ring (bicyclic) bond motifs is 1. The Morgan fingerprint density at radius 3 is 2.54 bits per heavy atom. The molecule has 37 heavy (non-hydrogen) atoms. The van der Waals surface area contributed by atoms with Gasteiger partial charge in [0.2, 0.25) is 5.88 Å². The van der Waals surface area contributed by atoms with Crippen LogP contribution in [0.2, 0.25) is 0 Å². The minimum absolute atomic E-state index is 0.258. The average Bonchev–Trinajstić information content (AvgIpc) is 3.59. The van der Waals surface area contributed by atoms with E-state index < -0.39 is 5.97 Å². The average molecular weight is 499 g/mol. The molecule has 3 aromatic heterocycles. The first-order valence-corrected chi connectivity index (χ1v) is 12.0. The fraction of sp³-hybridized carbons (Fsp3) is 0.222. The van der Waals surface area contributed by atoms with Crippen molar-refractivity contribution in [2.75, 3.05) is 13.2 Å². The minimum Gasteiger partial charge on any atom is -0.494 e. The van der Waals surface area contributed by atoms with Gasteiger partial charge in [-0.1, -0.05) is 48.5 Å². The lowest BCUT2D eigenvalue weighted by Crippen LogP contribution is -2.09. The van der Waals surface area contributed by atoms with Crippen molar-refractivity contribution < 1.29 is 19.0 Å².